The summed E-state index contributed by atoms with van der Waals surface area (Å²) in [5.41, 5.74) is 7.81. The molecule has 0 radical (unpaired) electrons. The molecule has 0 saturated heterocycles. The first-order valence-corrected chi connectivity index (χ1v) is 5.32. The van der Waals surface area contributed by atoms with Crippen molar-refractivity contribution in [3.63, 3.8) is 0 Å². The summed E-state index contributed by atoms with van der Waals surface area (Å²) in [4.78, 5) is 14.4. The van der Waals surface area contributed by atoms with Crippen LogP contribution in [-0.4, -0.2) is 24.6 Å². The molecule has 17 heavy (non-hydrogen) atoms. The van der Waals surface area contributed by atoms with Gasteiger partial charge in [-0.15, -0.1) is 0 Å². The van der Waals surface area contributed by atoms with E-state index < -0.39 is 0 Å². The van der Waals surface area contributed by atoms with Crippen molar-refractivity contribution in [3.05, 3.63) is 41.6 Å². The summed E-state index contributed by atoms with van der Waals surface area (Å²) in [6.07, 6.45) is 3.82. The molecule has 4 nitrogen and oxygen atoms in total. The minimum absolute atomic E-state index is 0.361. The smallest absolute Gasteiger partial charge is 0.354 e. The number of aromatic amines is 1. The van der Waals surface area contributed by atoms with Crippen molar-refractivity contribution in [2.45, 2.75) is 0 Å². The maximum absolute atomic E-state index is 11.4. The molecular weight excluding hydrogens is 216 g/mol. The molecule has 0 bridgehead atoms. The van der Waals surface area contributed by atoms with Crippen molar-refractivity contribution in [2.24, 2.45) is 5.73 Å². The summed E-state index contributed by atoms with van der Waals surface area (Å²) < 4.78 is 4.66. The van der Waals surface area contributed by atoms with Gasteiger partial charge >= 0.3 is 5.97 Å². The van der Waals surface area contributed by atoms with Crippen molar-refractivity contribution in [1.82, 2.24) is 4.98 Å². The van der Waals surface area contributed by atoms with Gasteiger partial charge in [0.2, 0.25) is 0 Å². The number of nitrogens with two attached hydrogens (primary N) is 1. The molecule has 0 saturated carbocycles. The van der Waals surface area contributed by atoms with Crippen molar-refractivity contribution in [3.8, 4) is 0 Å². The van der Waals surface area contributed by atoms with Gasteiger partial charge in [0.1, 0.15) is 5.69 Å². The highest BCUT2D eigenvalue weighted by Crippen LogP contribution is 2.18. The van der Waals surface area contributed by atoms with E-state index in [0.29, 0.717) is 12.2 Å². The molecule has 0 amide bonds. The second-order valence-corrected chi connectivity index (χ2v) is 3.66. The molecule has 2 aromatic rings. The van der Waals surface area contributed by atoms with E-state index in [4.69, 9.17) is 5.73 Å². The van der Waals surface area contributed by atoms with Crippen LogP contribution in [0.2, 0.25) is 0 Å². The number of carbonyl (C=O) groups is 1. The number of H-pyrrole nitrogens is 1. The van der Waals surface area contributed by atoms with E-state index >= 15 is 0 Å². The number of hydrogen-bond donors (Lipinski definition) is 2. The maximum Gasteiger partial charge on any atom is 0.354 e. The molecule has 3 N–H and O–H groups in total. The molecule has 0 unspecified atom stereocenters. The lowest BCUT2D eigenvalue weighted by atomic mass is 10.1. The van der Waals surface area contributed by atoms with Crippen molar-refractivity contribution in [2.75, 3.05) is 13.7 Å². The van der Waals surface area contributed by atoms with Crippen LogP contribution in [0.4, 0.5) is 0 Å². The number of hydrogen-bond acceptors (Lipinski definition) is 3. The molecule has 1 heterocycles. The van der Waals surface area contributed by atoms with E-state index in [-0.39, 0.29) is 5.97 Å². The highest BCUT2D eigenvalue weighted by Gasteiger charge is 2.08. The van der Waals surface area contributed by atoms with Gasteiger partial charge < -0.3 is 15.5 Å². The van der Waals surface area contributed by atoms with Gasteiger partial charge in [-0.25, -0.2) is 4.79 Å². The number of rotatable bonds is 3. The number of nitrogens with one attached hydrogen (secondary N) is 1. The van der Waals surface area contributed by atoms with Crippen LogP contribution in [0.15, 0.2) is 30.3 Å². The Hall–Kier alpha value is -2.07. The first kappa shape index (κ1) is 11.4. The zero-order valence-corrected chi connectivity index (χ0v) is 9.57. The molecule has 2 rings (SSSR count). The summed E-state index contributed by atoms with van der Waals surface area (Å²) in [7, 11) is 1.36. The van der Waals surface area contributed by atoms with E-state index in [1.54, 1.807) is 6.07 Å². The number of aromatic nitrogens is 1. The van der Waals surface area contributed by atoms with Gasteiger partial charge in [0.15, 0.2) is 0 Å². The third-order valence-corrected chi connectivity index (χ3v) is 2.50. The van der Waals surface area contributed by atoms with Crippen LogP contribution in [0, 0.1) is 0 Å². The first-order valence-electron chi connectivity index (χ1n) is 5.32. The monoisotopic (exact) mass is 230 g/mol. The Morgan fingerprint density at radius 3 is 3.00 bits per heavy atom. The maximum atomic E-state index is 11.4. The number of ether oxygens (including phenoxy) is 1. The Kier molecular flexibility index (Phi) is 3.25. The summed E-state index contributed by atoms with van der Waals surface area (Å²) >= 11 is 0. The zero-order chi connectivity index (χ0) is 12.3. The average Bonchev–Trinajstić information content (AvgIpc) is 2.78. The van der Waals surface area contributed by atoms with Crippen LogP contribution in [0.1, 0.15) is 16.1 Å². The van der Waals surface area contributed by atoms with E-state index in [1.807, 2.05) is 30.4 Å². The minimum atomic E-state index is -0.361. The topological polar surface area (TPSA) is 68.1 Å². The lowest BCUT2D eigenvalue weighted by Crippen LogP contribution is -2.00. The van der Waals surface area contributed by atoms with Gasteiger partial charge in [-0.05, 0) is 17.7 Å². The van der Waals surface area contributed by atoms with Crippen LogP contribution in [-0.2, 0) is 4.74 Å². The van der Waals surface area contributed by atoms with Gasteiger partial charge in [0.05, 0.1) is 7.11 Å². The van der Waals surface area contributed by atoms with Gasteiger partial charge in [-0.2, -0.15) is 0 Å². The van der Waals surface area contributed by atoms with Crippen LogP contribution in [0.3, 0.4) is 0 Å². The highest BCUT2D eigenvalue weighted by molar-refractivity contribution is 5.95. The predicted molar refractivity (Wildman–Crippen MR) is 67.7 cm³/mol. The Balaban J connectivity index is 2.40. The Bertz CT molecular complexity index is 570. The summed E-state index contributed by atoms with van der Waals surface area (Å²) in [5.74, 6) is -0.361. The van der Waals surface area contributed by atoms with Crippen LogP contribution < -0.4 is 5.73 Å². The van der Waals surface area contributed by atoms with Gasteiger partial charge in [0, 0.05) is 17.4 Å². The quantitative estimate of drug-likeness (QED) is 0.791. The normalized spacial score (nSPS) is 11.2. The fraction of sp³-hybridized carbons (Fsp3) is 0.154. The summed E-state index contributed by atoms with van der Waals surface area (Å²) in [6, 6.07) is 7.67. The zero-order valence-electron chi connectivity index (χ0n) is 9.57. The molecule has 0 spiro atoms. The molecule has 1 aromatic heterocycles. The lowest BCUT2D eigenvalue weighted by Gasteiger charge is -1.94. The third-order valence-electron chi connectivity index (χ3n) is 2.50. The molecular formula is C13H14N2O2. The second kappa shape index (κ2) is 4.84. The first-order chi connectivity index (χ1) is 8.24. The lowest BCUT2D eigenvalue weighted by molar-refractivity contribution is 0.0595. The van der Waals surface area contributed by atoms with Crippen LogP contribution in [0.5, 0.6) is 0 Å². The van der Waals surface area contributed by atoms with Gasteiger partial charge in [-0.1, -0.05) is 24.3 Å². The van der Waals surface area contributed by atoms with Gasteiger partial charge in [-0.3, -0.25) is 0 Å². The summed E-state index contributed by atoms with van der Waals surface area (Å²) in [5, 5.41) is 0.982. The predicted octanol–water partition coefficient (Wildman–Crippen LogP) is 1.93. The van der Waals surface area contributed by atoms with Crippen molar-refractivity contribution >= 4 is 22.9 Å². The third kappa shape index (κ3) is 2.37. The van der Waals surface area contributed by atoms with E-state index in [9.17, 15) is 4.79 Å². The Labute approximate surface area is 99.1 Å². The van der Waals surface area contributed by atoms with E-state index in [1.165, 1.54) is 7.11 Å². The minimum Gasteiger partial charge on any atom is -0.464 e. The summed E-state index contributed by atoms with van der Waals surface area (Å²) in [6.45, 7) is 0.510. The molecule has 0 fully saturated rings. The van der Waals surface area contributed by atoms with Crippen LogP contribution in [0.25, 0.3) is 17.0 Å². The molecule has 0 aliphatic heterocycles. The number of carbonyl (C=O) groups excluding carboxylic acids is 1. The second-order valence-electron chi connectivity index (χ2n) is 3.66. The number of fused-ring (bicyclic) bond motifs is 1. The molecule has 4 heteroatoms. The largest absolute Gasteiger partial charge is 0.464 e. The Morgan fingerprint density at radius 1 is 1.47 bits per heavy atom. The van der Waals surface area contributed by atoms with Crippen LogP contribution >= 0.6 is 0 Å². The Morgan fingerprint density at radius 2 is 2.29 bits per heavy atom. The molecule has 1 aromatic carbocycles. The SMILES string of the molecule is COC(=O)c1cc2ccc(C=CCN)cc2[nH]1. The molecule has 0 aliphatic carbocycles. The molecule has 0 aliphatic rings. The van der Waals surface area contributed by atoms with Gasteiger partial charge in [0.25, 0.3) is 0 Å². The number of benzene rings is 1. The fourth-order valence-electron chi connectivity index (χ4n) is 1.67. The standard InChI is InChI=1S/C13H14N2O2/c1-17-13(16)12-8-10-5-4-9(3-2-6-14)7-11(10)15-12/h2-5,7-8,15H,6,14H2,1H3. The van der Waals surface area contributed by atoms with Crippen molar-refractivity contribution in [1.29, 1.82) is 0 Å². The highest BCUT2D eigenvalue weighted by atomic mass is 16.5. The number of esters is 1. The molecule has 88 valence electrons. The molecule has 0 atom stereocenters. The average molecular weight is 230 g/mol. The number of methoxy groups -OCH3 is 1. The van der Waals surface area contributed by atoms with E-state index in [2.05, 4.69) is 9.72 Å². The fourth-order valence-corrected chi connectivity index (χ4v) is 1.67. The van der Waals surface area contributed by atoms with Crippen molar-refractivity contribution < 1.29 is 9.53 Å². The van der Waals surface area contributed by atoms with E-state index in [0.717, 1.165) is 16.5 Å².